The summed E-state index contributed by atoms with van der Waals surface area (Å²) in [4.78, 5) is 11.7. The molecule has 0 radical (unpaired) electrons. The molecule has 1 saturated heterocycles. The predicted molar refractivity (Wildman–Crippen MR) is 103 cm³/mol. The van der Waals surface area contributed by atoms with Gasteiger partial charge in [-0.05, 0) is 56.2 Å². The molecular formula is C21H25NO3S. The molecule has 0 saturated carbocycles. The zero-order valence-corrected chi connectivity index (χ0v) is 15.9. The minimum absolute atomic E-state index is 0.123. The molecule has 3 rings (SSSR count). The average Bonchev–Trinajstić information content (AvgIpc) is 2.67. The lowest BCUT2D eigenvalue weighted by Crippen LogP contribution is -2.38. The third-order valence-electron chi connectivity index (χ3n) is 5.14. The molecule has 0 aromatic heterocycles. The monoisotopic (exact) mass is 371 g/mol. The number of ketones is 1. The number of piperidine rings is 1. The minimum atomic E-state index is -3.53. The second-order valence-corrected chi connectivity index (χ2v) is 8.89. The zero-order chi connectivity index (χ0) is 18.6. The van der Waals surface area contributed by atoms with Crippen LogP contribution in [0.15, 0.2) is 59.5 Å². The Morgan fingerprint density at radius 2 is 1.73 bits per heavy atom. The van der Waals surface area contributed by atoms with Gasteiger partial charge in [0, 0.05) is 18.7 Å². The SMILES string of the molecule is CC(=O)c1cccc(S(=O)(=O)N2CCC(CCc3ccccc3)CC2)c1. The molecule has 26 heavy (non-hydrogen) atoms. The van der Waals surface area contributed by atoms with Crippen molar-refractivity contribution >= 4 is 15.8 Å². The zero-order valence-electron chi connectivity index (χ0n) is 15.1. The van der Waals surface area contributed by atoms with Crippen LogP contribution in [-0.2, 0) is 16.4 Å². The molecule has 1 heterocycles. The van der Waals surface area contributed by atoms with Crippen molar-refractivity contribution in [1.82, 2.24) is 4.31 Å². The van der Waals surface area contributed by atoms with Crippen molar-refractivity contribution in [3.8, 4) is 0 Å². The summed E-state index contributed by atoms with van der Waals surface area (Å²) < 4.78 is 27.3. The Hall–Kier alpha value is -1.98. The Balaban J connectivity index is 1.60. The summed E-state index contributed by atoms with van der Waals surface area (Å²) in [7, 11) is -3.53. The van der Waals surface area contributed by atoms with E-state index in [0.29, 0.717) is 24.6 Å². The molecule has 2 aromatic rings. The average molecular weight is 372 g/mol. The van der Waals surface area contributed by atoms with Gasteiger partial charge in [0.25, 0.3) is 0 Å². The topological polar surface area (TPSA) is 54.5 Å². The van der Waals surface area contributed by atoms with Crippen LogP contribution in [0.2, 0.25) is 0 Å². The number of carbonyl (C=O) groups excluding carboxylic acids is 1. The molecule has 0 amide bonds. The van der Waals surface area contributed by atoms with Crippen molar-refractivity contribution in [2.45, 2.75) is 37.5 Å². The number of nitrogens with zero attached hydrogens (tertiary/aromatic N) is 1. The second kappa shape index (κ2) is 8.14. The Kier molecular flexibility index (Phi) is 5.89. The van der Waals surface area contributed by atoms with E-state index in [1.54, 1.807) is 22.5 Å². The van der Waals surface area contributed by atoms with Gasteiger partial charge in [-0.15, -0.1) is 0 Å². The molecule has 1 aliphatic rings. The van der Waals surface area contributed by atoms with Crippen molar-refractivity contribution < 1.29 is 13.2 Å². The fraction of sp³-hybridized carbons (Fsp3) is 0.381. The Morgan fingerprint density at radius 3 is 2.38 bits per heavy atom. The van der Waals surface area contributed by atoms with Crippen molar-refractivity contribution in [2.75, 3.05) is 13.1 Å². The van der Waals surface area contributed by atoms with E-state index in [-0.39, 0.29) is 10.7 Å². The van der Waals surface area contributed by atoms with Gasteiger partial charge in [0.2, 0.25) is 10.0 Å². The highest BCUT2D eigenvalue weighted by atomic mass is 32.2. The van der Waals surface area contributed by atoms with Crippen molar-refractivity contribution in [2.24, 2.45) is 5.92 Å². The lowest BCUT2D eigenvalue weighted by Gasteiger charge is -2.31. The first-order valence-electron chi connectivity index (χ1n) is 9.12. The highest BCUT2D eigenvalue weighted by Gasteiger charge is 2.29. The molecule has 0 spiro atoms. The van der Waals surface area contributed by atoms with Gasteiger partial charge < -0.3 is 0 Å². The molecule has 0 unspecified atom stereocenters. The highest BCUT2D eigenvalue weighted by Crippen LogP contribution is 2.27. The fourth-order valence-corrected chi connectivity index (χ4v) is 4.99. The third-order valence-corrected chi connectivity index (χ3v) is 7.03. The summed E-state index contributed by atoms with van der Waals surface area (Å²) in [5.74, 6) is 0.437. The molecule has 5 heteroatoms. The lowest BCUT2D eigenvalue weighted by molar-refractivity contribution is 0.101. The molecule has 2 aromatic carbocycles. The molecule has 0 aliphatic carbocycles. The number of hydrogen-bond acceptors (Lipinski definition) is 3. The van der Waals surface area contributed by atoms with Crippen LogP contribution >= 0.6 is 0 Å². The van der Waals surface area contributed by atoms with Gasteiger partial charge in [-0.3, -0.25) is 4.79 Å². The molecule has 0 N–H and O–H groups in total. The first-order valence-corrected chi connectivity index (χ1v) is 10.6. The normalized spacial score (nSPS) is 16.5. The fourth-order valence-electron chi connectivity index (χ4n) is 3.48. The van der Waals surface area contributed by atoms with Gasteiger partial charge in [0.1, 0.15) is 0 Å². The minimum Gasteiger partial charge on any atom is -0.295 e. The standard InChI is InChI=1S/C21H25NO3S/c1-17(23)20-8-5-9-21(16-20)26(24,25)22-14-12-19(13-15-22)11-10-18-6-3-2-4-7-18/h2-9,16,19H,10-15H2,1H3. The van der Waals surface area contributed by atoms with Gasteiger partial charge in [-0.25, -0.2) is 8.42 Å². The van der Waals surface area contributed by atoms with E-state index in [9.17, 15) is 13.2 Å². The summed E-state index contributed by atoms with van der Waals surface area (Å²) in [5.41, 5.74) is 1.77. The van der Waals surface area contributed by atoms with E-state index >= 15 is 0 Å². The van der Waals surface area contributed by atoms with Gasteiger partial charge >= 0.3 is 0 Å². The third kappa shape index (κ3) is 4.40. The predicted octanol–water partition coefficient (Wildman–Crippen LogP) is 3.92. The van der Waals surface area contributed by atoms with Gasteiger partial charge in [0.15, 0.2) is 5.78 Å². The molecular weight excluding hydrogens is 346 g/mol. The summed E-state index contributed by atoms with van der Waals surface area (Å²) >= 11 is 0. The Morgan fingerprint density at radius 1 is 1.04 bits per heavy atom. The summed E-state index contributed by atoms with van der Waals surface area (Å²) in [6, 6.07) is 16.8. The van der Waals surface area contributed by atoms with Gasteiger partial charge in [0.05, 0.1) is 4.90 Å². The molecule has 138 valence electrons. The second-order valence-electron chi connectivity index (χ2n) is 6.96. The van der Waals surface area contributed by atoms with Crippen LogP contribution in [0.5, 0.6) is 0 Å². The number of Topliss-reactive ketones (excluding diaryl/α,β-unsaturated/α-hetero) is 1. The van der Waals surface area contributed by atoms with E-state index in [4.69, 9.17) is 0 Å². The Bertz CT molecular complexity index is 854. The van der Waals surface area contributed by atoms with E-state index in [0.717, 1.165) is 25.7 Å². The lowest BCUT2D eigenvalue weighted by atomic mass is 9.91. The van der Waals surface area contributed by atoms with Crippen molar-refractivity contribution in [1.29, 1.82) is 0 Å². The van der Waals surface area contributed by atoms with Crippen LogP contribution in [0.1, 0.15) is 42.1 Å². The van der Waals surface area contributed by atoms with Crippen LogP contribution in [0.4, 0.5) is 0 Å². The molecule has 4 nitrogen and oxygen atoms in total. The van der Waals surface area contributed by atoms with E-state index in [1.807, 2.05) is 6.07 Å². The molecule has 1 fully saturated rings. The molecule has 0 atom stereocenters. The summed E-state index contributed by atoms with van der Waals surface area (Å²) in [6.45, 7) is 2.54. The number of rotatable bonds is 6. The van der Waals surface area contributed by atoms with Crippen molar-refractivity contribution in [3.05, 3.63) is 65.7 Å². The first kappa shape index (κ1) is 18.8. The van der Waals surface area contributed by atoms with Gasteiger partial charge in [-0.2, -0.15) is 4.31 Å². The van der Waals surface area contributed by atoms with Crippen LogP contribution in [0, 0.1) is 5.92 Å². The number of hydrogen-bond donors (Lipinski definition) is 0. The maximum atomic E-state index is 12.9. The molecule has 0 bridgehead atoms. The first-order chi connectivity index (χ1) is 12.5. The Labute approximate surface area is 155 Å². The van der Waals surface area contributed by atoms with E-state index < -0.39 is 10.0 Å². The van der Waals surface area contributed by atoms with Crippen LogP contribution in [-0.4, -0.2) is 31.6 Å². The largest absolute Gasteiger partial charge is 0.295 e. The number of benzene rings is 2. The number of aryl methyl sites for hydroxylation is 1. The van der Waals surface area contributed by atoms with Crippen LogP contribution in [0.25, 0.3) is 0 Å². The van der Waals surface area contributed by atoms with Crippen LogP contribution in [0.3, 0.4) is 0 Å². The van der Waals surface area contributed by atoms with Gasteiger partial charge in [-0.1, -0.05) is 42.5 Å². The van der Waals surface area contributed by atoms with Crippen molar-refractivity contribution in [3.63, 3.8) is 0 Å². The number of carbonyl (C=O) groups is 1. The highest BCUT2D eigenvalue weighted by molar-refractivity contribution is 7.89. The smallest absolute Gasteiger partial charge is 0.243 e. The quantitative estimate of drug-likeness (QED) is 0.723. The maximum Gasteiger partial charge on any atom is 0.243 e. The van der Waals surface area contributed by atoms with E-state index in [2.05, 4.69) is 24.3 Å². The summed E-state index contributed by atoms with van der Waals surface area (Å²) in [6.07, 6.45) is 3.91. The van der Waals surface area contributed by atoms with Crippen LogP contribution < -0.4 is 0 Å². The maximum absolute atomic E-state index is 12.9. The molecule has 1 aliphatic heterocycles. The van der Waals surface area contributed by atoms with E-state index in [1.165, 1.54) is 18.6 Å². The number of sulfonamides is 1. The summed E-state index contributed by atoms with van der Waals surface area (Å²) in [5, 5.41) is 0.